The second-order valence-corrected chi connectivity index (χ2v) is 9.71. The van der Waals surface area contributed by atoms with E-state index in [0.29, 0.717) is 18.0 Å². The van der Waals surface area contributed by atoms with E-state index in [1.54, 1.807) is 16.4 Å². The van der Waals surface area contributed by atoms with Gasteiger partial charge in [-0.25, -0.2) is 8.42 Å². The van der Waals surface area contributed by atoms with E-state index in [2.05, 4.69) is 34.3 Å². The summed E-state index contributed by atoms with van der Waals surface area (Å²) in [7, 11) is -3.47. The Balaban J connectivity index is 2.43. The van der Waals surface area contributed by atoms with Crippen LogP contribution in [0.1, 0.15) is 39.7 Å². The average molecular weight is 348 g/mol. The van der Waals surface area contributed by atoms with Gasteiger partial charge in [0.2, 0.25) is 10.0 Å². The highest BCUT2D eigenvalue weighted by atomic mass is 32.2. The van der Waals surface area contributed by atoms with Crippen LogP contribution in [-0.2, 0) is 10.0 Å². The Morgan fingerprint density at radius 1 is 1.25 bits per heavy atom. The van der Waals surface area contributed by atoms with E-state index >= 15 is 0 Å². The Labute approximate surface area is 147 Å². The lowest BCUT2D eigenvalue weighted by molar-refractivity contribution is 0.320. The predicted molar refractivity (Wildman–Crippen MR) is 100 cm³/mol. The predicted octanol–water partition coefficient (Wildman–Crippen LogP) is 4.55. The van der Waals surface area contributed by atoms with Crippen LogP contribution in [0.25, 0.3) is 0 Å². The summed E-state index contributed by atoms with van der Waals surface area (Å²) >= 11 is 0. The zero-order valence-electron chi connectivity index (χ0n) is 15.5. The van der Waals surface area contributed by atoms with Crippen LogP contribution in [0.2, 0.25) is 0 Å². The third-order valence-electron chi connectivity index (χ3n) is 4.58. The number of allylic oxidation sites excluding steroid dienone is 1. The molecule has 1 aromatic carbocycles. The van der Waals surface area contributed by atoms with E-state index in [-0.39, 0.29) is 11.3 Å². The minimum absolute atomic E-state index is 0.0392. The van der Waals surface area contributed by atoms with Crippen molar-refractivity contribution in [2.75, 3.05) is 13.1 Å². The second-order valence-electron chi connectivity index (χ2n) is 7.77. The maximum absolute atomic E-state index is 13.0. The molecule has 0 fully saturated rings. The number of aryl methyl sites for hydroxylation is 1. The van der Waals surface area contributed by atoms with Gasteiger partial charge in [-0.05, 0) is 36.8 Å². The molecule has 1 aliphatic rings. The van der Waals surface area contributed by atoms with Crippen LogP contribution in [0.15, 0.2) is 53.0 Å². The quantitative estimate of drug-likeness (QED) is 0.749. The summed E-state index contributed by atoms with van der Waals surface area (Å²) in [6.07, 6.45) is 2.60. The van der Waals surface area contributed by atoms with Crippen LogP contribution in [0.4, 0.5) is 0 Å². The summed E-state index contributed by atoms with van der Waals surface area (Å²) in [6, 6.07) is 7.10. The molecule has 0 spiro atoms. The first-order valence-electron chi connectivity index (χ1n) is 8.47. The zero-order valence-corrected chi connectivity index (χ0v) is 16.3. The molecular weight excluding hydrogens is 318 g/mol. The molecule has 1 unspecified atom stereocenters. The topological polar surface area (TPSA) is 37.4 Å². The van der Waals surface area contributed by atoms with Gasteiger partial charge in [0.15, 0.2) is 0 Å². The maximum atomic E-state index is 13.0. The third kappa shape index (κ3) is 3.81. The van der Waals surface area contributed by atoms with Gasteiger partial charge in [0.1, 0.15) is 0 Å². The van der Waals surface area contributed by atoms with Crippen molar-refractivity contribution in [1.29, 1.82) is 0 Å². The first kappa shape index (κ1) is 18.9. The van der Waals surface area contributed by atoms with E-state index < -0.39 is 10.0 Å². The van der Waals surface area contributed by atoms with Gasteiger partial charge in [0.25, 0.3) is 0 Å². The Morgan fingerprint density at radius 3 is 2.33 bits per heavy atom. The Kier molecular flexibility index (Phi) is 5.41. The van der Waals surface area contributed by atoms with Gasteiger partial charge in [0, 0.05) is 13.1 Å². The molecule has 0 aromatic heterocycles. The van der Waals surface area contributed by atoms with E-state index in [1.165, 1.54) is 11.1 Å². The van der Waals surface area contributed by atoms with Gasteiger partial charge in [-0.1, -0.05) is 62.6 Å². The summed E-state index contributed by atoms with van der Waals surface area (Å²) < 4.78 is 27.7. The molecule has 132 valence electrons. The molecule has 0 N–H and O–H groups in total. The van der Waals surface area contributed by atoms with Crippen molar-refractivity contribution in [3.8, 4) is 0 Å². The van der Waals surface area contributed by atoms with Gasteiger partial charge in [-0.2, -0.15) is 4.31 Å². The highest BCUT2D eigenvalue weighted by Gasteiger charge is 2.36. The number of nitrogens with zero attached hydrogens (tertiary/aromatic N) is 1. The smallest absolute Gasteiger partial charge is 0.207 e. The molecule has 1 heterocycles. The van der Waals surface area contributed by atoms with Crippen LogP contribution >= 0.6 is 0 Å². The lowest BCUT2D eigenvalue weighted by atomic mass is 9.74. The maximum Gasteiger partial charge on any atom is 0.243 e. The van der Waals surface area contributed by atoms with E-state index in [9.17, 15) is 8.42 Å². The fraction of sp³-hybridized carbons (Fsp3) is 0.500. The van der Waals surface area contributed by atoms with Crippen LogP contribution in [-0.4, -0.2) is 25.8 Å². The minimum Gasteiger partial charge on any atom is -0.207 e. The lowest BCUT2D eigenvalue weighted by Gasteiger charge is -2.39. The second kappa shape index (κ2) is 6.85. The van der Waals surface area contributed by atoms with E-state index in [0.717, 1.165) is 12.0 Å². The number of rotatable bonds is 4. The summed E-state index contributed by atoms with van der Waals surface area (Å²) in [4.78, 5) is 0.373. The van der Waals surface area contributed by atoms with Crippen LogP contribution in [0, 0.1) is 18.3 Å². The van der Waals surface area contributed by atoms with Crippen molar-refractivity contribution in [1.82, 2.24) is 4.31 Å². The molecule has 0 radical (unpaired) electrons. The number of hydrogen-bond acceptors (Lipinski definition) is 2. The first-order valence-corrected chi connectivity index (χ1v) is 9.91. The molecule has 0 amide bonds. The van der Waals surface area contributed by atoms with Crippen LogP contribution in [0.5, 0.6) is 0 Å². The number of sulfonamides is 1. The zero-order chi connectivity index (χ0) is 18.1. The summed E-state index contributed by atoms with van der Waals surface area (Å²) in [5, 5.41) is 0. The average Bonchev–Trinajstić information content (AvgIpc) is 2.46. The fourth-order valence-electron chi connectivity index (χ4n) is 3.77. The largest absolute Gasteiger partial charge is 0.243 e. The Morgan fingerprint density at radius 2 is 1.83 bits per heavy atom. The summed E-state index contributed by atoms with van der Waals surface area (Å²) in [6.45, 7) is 15.5. The van der Waals surface area contributed by atoms with Crippen molar-refractivity contribution < 1.29 is 8.42 Å². The SMILES string of the molecule is C=CCC1=C(C(C)(C)C)C(C)CN(S(=O)(=O)c2ccc(C)cc2)C1. The van der Waals surface area contributed by atoms with Crippen molar-refractivity contribution in [3.05, 3.63) is 53.6 Å². The molecule has 0 saturated heterocycles. The number of hydrogen-bond donors (Lipinski definition) is 0. The molecule has 0 aliphatic carbocycles. The van der Waals surface area contributed by atoms with Gasteiger partial charge in [0.05, 0.1) is 4.90 Å². The molecule has 0 saturated carbocycles. The van der Waals surface area contributed by atoms with Crippen LogP contribution in [0.3, 0.4) is 0 Å². The summed E-state index contributed by atoms with van der Waals surface area (Å²) in [5.74, 6) is 0.203. The van der Waals surface area contributed by atoms with Crippen molar-refractivity contribution in [3.63, 3.8) is 0 Å². The Bertz CT molecular complexity index is 737. The van der Waals surface area contributed by atoms with Gasteiger partial charge in [-0.15, -0.1) is 6.58 Å². The molecule has 4 heteroatoms. The molecular formula is C20H29NO2S. The fourth-order valence-corrected chi connectivity index (χ4v) is 5.29. The third-order valence-corrected chi connectivity index (χ3v) is 6.40. The molecule has 2 rings (SSSR count). The monoisotopic (exact) mass is 347 g/mol. The van der Waals surface area contributed by atoms with E-state index in [4.69, 9.17) is 0 Å². The molecule has 1 aliphatic heterocycles. The van der Waals surface area contributed by atoms with E-state index in [1.807, 2.05) is 25.1 Å². The van der Waals surface area contributed by atoms with Crippen molar-refractivity contribution in [2.24, 2.45) is 11.3 Å². The first-order chi connectivity index (χ1) is 11.1. The highest BCUT2D eigenvalue weighted by Crippen LogP contribution is 2.39. The number of benzene rings is 1. The van der Waals surface area contributed by atoms with Gasteiger partial charge in [-0.3, -0.25) is 0 Å². The lowest BCUT2D eigenvalue weighted by Crippen LogP contribution is -2.42. The highest BCUT2D eigenvalue weighted by molar-refractivity contribution is 7.89. The minimum atomic E-state index is -3.47. The van der Waals surface area contributed by atoms with Gasteiger partial charge >= 0.3 is 0 Å². The van der Waals surface area contributed by atoms with Crippen molar-refractivity contribution in [2.45, 2.75) is 45.9 Å². The molecule has 1 atom stereocenters. The van der Waals surface area contributed by atoms with Crippen molar-refractivity contribution >= 4 is 10.0 Å². The molecule has 1 aromatic rings. The van der Waals surface area contributed by atoms with Crippen LogP contribution < -0.4 is 0 Å². The molecule has 0 bridgehead atoms. The summed E-state index contributed by atoms with van der Waals surface area (Å²) in [5.41, 5.74) is 3.66. The standard InChI is InChI=1S/C20H29NO2S/c1-7-8-17-14-21(13-16(3)19(17)20(4,5)6)24(22,23)18-11-9-15(2)10-12-18/h7,9-12,16H,1,8,13-14H2,2-6H3. The van der Waals surface area contributed by atoms with Gasteiger partial charge < -0.3 is 0 Å². The molecule has 24 heavy (non-hydrogen) atoms. The Hall–Kier alpha value is -1.39. The molecule has 3 nitrogen and oxygen atoms in total. The normalized spacial score (nSPS) is 20.3.